The third kappa shape index (κ3) is 9.17. The molecule has 0 radical (unpaired) electrons. The summed E-state index contributed by atoms with van der Waals surface area (Å²) in [6, 6.07) is 18.5. The third-order valence-corrected chi connectivity index (χ3v) is 8.74. The lowest BCUT2D eigenvalue weighted by atomic mass is 9.98. The van der Waals surface area contributed by atoms with Crippen LogP contribution in [0.2, 0.25) is 0 Å². The zero-order valence-corrected chi connectivity index (χ0v) is 28.5. The van der Waals surface area contributed by atoms with E-state index in [1.807, 2.05) is 62.4 Å². The Labute approximate surface area is 287 Å². The number of benzene rings is 3. The number of carbonyl (C=O) groups excluding carboxylic acids is 2. The van der Waals surface area contributed by atoms with Crippen molar-refractivity contribution in [3.8, 4) is 22.8 Å². The molecule has 49 heavy (non-hydrogen) atoms. The number of allylic oxidation sites excluding steroid dienone is 1. The molecule has 1 aliphatic rings. The summed E-state index contributed by atoms with van der Waals surface area (Å²) in [5, 5.41) is 7.75. The topological polar surface area (TPSA) is 102 Å². The van der Waals surface area contributed by atoms with Gasteiger partial charge in [0.05, 0.1) is 17.1 Å². The molecule has 0 spiro atoms. The Balaban J connectivity index is 1.15. The molecule has 1 aliphatic heterocycles. The Bertz CT molecular complexity index is 1850. The maximum Gasteiger partial charge on any atom is 0.573 e. The van der Waals surface area contributed by atoms with Gasteiger partial charge in [-0.3, -0.25) is 9.69 Å². The van der Waals surface area contributed by atoms with Gasteiger partial charge in [0.15, 0.2) is 11.0 Å². The molecule has 0 aliphatic carbocycles. The molecular formula is C36H37F3N6O3S. The highest BCUT2D eigenvalue weighted by molar-refractivity contribution is 8.15. The van der Waals surface area contributed by atoms with Crippen molar-refractivity contribution in [1.82, 2.24) is 20.1 Å². The van der Waals surface area contributed by atoms with E-state index in [1.54, 1.807) is 4.90 Å². The Morgan fingerprint density at radius 1 is 1.06 bits per heavy atom. The van der Waals surface area contributed by atoms with Crippen LogP contribution in [0.3, 0.4) is 0 Å². The number of amidine groups is 1. The molecule has 9 nitrogen and oxygen atoms in total. The van der Waals surface area contributed by atoms with Crippen molar-refractivity contribution in [2.75, 3.05) is 10.7 Å². The van der Waals surface area contributed by atoms with E-state index in [4.69, 9.17) is 0 Å². The minimum absolute atomic E-state index is 0.0964. The lowest BCUT2D eigenvalue weighted by molar-refractivity contribution is -0.274. The largest absolute Gasteiger partial charge is 0.573 e. The fraction of sp³-hybridized carbons (Fsp3) is 0.306. The molecule has 1 aromatic heterocycles. The van der Waals surface area contributed by atoms with Crippen LogP contribution in [0, 0.1) is 6.92 Å². The molecule has 0 saturated carbocycles. The summed E-state index contributed by atoms with van der Waals surface area (Å²) in [6.07, 6.45) is 1.42. The van der Waals surface area contributed by atoms with Crippen LogP contribution in [0.1, 0.15) is 62.6 Å². The van der Waals surface area contributed by atoms with Crippen LogP contribution in [-0.4, -0.2) is 50.0 Å². The molecule has 0 bridgehead atoms. The molecule has 4 aromatic rings. The Kier molecular flexibility index (Phi) is 10.9. The molecule has 2 atom stereocenters. The molecule has 1 N–H and O–H groups in total. The number of alkyl halides is 3. The molecule has 2 unspecified atom stereocenters. The molecule has 1 fully saturated rings. The summed E-state index contributed by atoms with van der Waals surface area (Å²) in [5.74, 6) is 0.591. The molecule has 5 rings (SSSR count). The highest BCUT2D eigenvalue weighted by Crippen LogP contribution is 2.34. The van der Waals surface area contributed by atoms with Crippen molar-refractivity contribution in [2.45, 2.75) is 65.3 Å². The molecule has 3 amide bonds. The quantitative estimate of drug-likeness (QED) is 0.167. The predicted octanol–water partition coefficient (Wildman–Crippen LogP) is 8.55. The summed E-state index contributed by atoms with van der Waals surface area (Å²) >= 11 is 1.26. The second kappa shape index (κ2) is 15.1. The lowest BCUT2D eigenvalue weighted by Crippen LogP contribution is -2.34. The first-order chi connectivity index (χ1) is 23.3. The fourth-order valence-electron chi connectivity index (χ4n) is 5.26. The average molecular weight is 691 g/mol. The number of nitrogens with one attached hydrogen (secondary N) is 1. The maximum absolute atomic E-state index is 12.9. The Hall–Kier alpha value is -4.91. The van der Waals surface area contributed by atoms with Crippen LogP contribution in [0.15, 0.2) is 90.2 Å². The number of hydrogen-bond acceptors (Lipinski definition) is 6. The number of hydrogen-bond donors (Lipinski definition) is 1. The van der Waals surface area contributed by atoms with Crippen LogP contribution < -0.4 is 15.0 Å². The first-order valence-corrected chi connectivity index (χ1v) is 16.8. The van der Waals surface area contributed by atoms with E-state index in [-0.39, 0.29) is 35.3 Å². The summed E-state index contributed by atoms with van der Waals surface area (Å²) in [7, 11) is 0. The number of ether oxygens (including phenoxy) is 1. The van der Waals surface area contributed by atoms with E-state index in [9.17, 15) is 22.8 Å². The van der Waals surface area contributed by atoms with Crippen molar-refractivity contribution >= 4 is 34.6 Å². The molecule has 1 saturated heterocycles. The number of nitrogens with zero attached hydrogens (tertiary/aromatic N) is 5. The van der Waals surface area contributed by atoms with Crippen LogP contribution in [-0.2, 0) is 4.79 Å². The Morgan fingerprint density at radius 3 is 2.45 bits per heavy atom. The van der Waals surface area contributed by atoms with E-state index in [1.165, 1.54) is 47.0 Å². The van der Waals surface area contributed by atoms with Gasteiger partial charge >= 0.3 is 12.4 Å². The van der Waals surface area contributed by atoms with Gasteiger partial charge in [-0.15, -0.1) is 18.3 Å². The van der Waals surface area contributed by atoms with Gasteiger partial charge in [-0.05, 0) is 79.1 Å². The van der Waals surface area contributed by atoms with Crippen molar-refractivity contribution in [3.05, 3.63) is 102 Å². The lowest BCUT2D eigenvalue weighted by Gasteiger charge is -2.22. The van der Waals surface area contributed by atoms with Crippen molar-refractivity contribution < 1.29 is 27.5 Å². The molecule has 3 aromatic carbocycles. The van der Waals surface area contributed by atoms with Crippen LogP contribution in [0.5, 0.6) is 5.75 Å². The van der Waals surface area contributed by atoms with Gasteiger partial charge < -0.3 is 10.1 Å². The van der Waals surface area contributed by atoms with Crippen molar-refractivity contribution in [2.24, 2.45) is 4.99 Å². The van der Waals surface area contributed by atoms with E-state index in [0.717, 1.165) is 27.9 Å². The number of halogens is 3. The van der Waals surface area contributed by atoms with Gasteiger partial charge in [0.25, 0.3) is 0 Å². The second-order valence-electron chi connectivity index (χ2n) is 12.1. The van der Waals surface area contributed by atoms with Crippen LogP contribution >= 0.6 is 11.8 Å². The third-order valence-electron chi connectivity index (χ3n) is 7.82. The summed E-state index contributed by atoms with van der Waals surface area (Å²) in [6.45, 7) is 10.1. The van der Waals surface area contributed by atoms with Gasteiger partial charge in [0.1, 0.15) is 12.1 Å². The van der Waals surface area contributed by atoms with Crippen LogP contribution in [0.25, 0.3) is 17.1 Å². The van der Waals surface area contributed by atoms with Crippen LogP contribution in [0.4, 0.5) is 23.7 Å². The number of thioether (sulfide) groups is 1. The standard InChI is InChI=1S/C36H37F3N6O3S/c1-22(2)30-18-9-23(3)19-31(30)45-32(46)20-49-35(45)42-34(47)41-25(5)8-6-7-24(4)26-10-12-27(13-11-26)33-40-21-44(43-33)28-14-16-29(17-15-28)48-36(37,38)39/h6-7,9-19,21-22,24-25H,8,20H2,1-5H3,(H,41,47)/b7-6+,42-35-. The highest BCUT2D eigenvalue weighted by atomic mass is 32.2. The van der Waals surface area contributed by atoms with E-state index >= 15 is 0 Å². The number of urea groups is 1. The summed E-state index contributed by atoms with van der Waals surface area (Å²) < 4.78 is 42.7. The smallest absolute Gasteiger partial charge is 0.406 e. The number of rotatable bonds is 10. The van der Waals surface area contributed by atoms with Crippen molar-refractivity contribution in [3.63, 3.8) is 0 Å². The number of anilines is 1. The van der Waals surface area contributed by atoms with Gasteiger partial charge in [-0.2, -0.15) is 4.99 Å². The number of aryl methyl sites for hydroxylation is 1. The first-order valence-electron chi connectivity index (χ1n) is 15.8. The van der Waals surface area contributed by atoms with Gasteiger partial charge in [-0.1, -0.05) is 81.1 Å². The average Bonchev–Trinajstić information content (AvgIpc) is 3.67. The predicted molar refractivity (Wildman–Crippen MR) is 186 cm³/mol. The number of amides is 3. The highest BCUT2D eigenvalue weighted by Gasteiger charge is 2.33. The monoisotopic (exact) mass is 690 g/mol. The zero-order valence-electron chi connectivity index (χ0n) is 27.7. The number of aliphatic imine (C=N–C) groups is 1. The van der Waals surface area contributed by atoms with E-state index in [2.05, 4.69) is 52.0 Å². The number of carbonyl (C=O) groups is 2. The zero-order chi connectivity index (χ0) is 35.3. The first kappa shape index (κ1) is 35.4. The van der Waals surface area contributed by atoms with Gasteiger partial charge in [0.2, 0.25) is 5.91 Å². The minimum atomic E-state index is -4.75. The number of aromatic nitrogens is 3. The van der Waals surface area contributed by atoms with Gasteiger partial charge in [0, 0.05) is 11.6 Å². The summed E-state index contributed by atoms with van der Waals surface area (Å²) in [4.78, 5) is 35.9. The van der Waals surface area contributed by atoms with Gasteiger partial charge in [-0.25, -0.2) is 14.5 Å². The summed E-state index contributed by atoms with van der Waals surface area (Å²) in [5.41, 5.74) is 5.22. The maximum atomic E-state index is 12.9. The van der Waals surface area contributed by atoms with Crippen molar-refractivity contribution in [1.29, 1.82) is 0 Å². The Morgan fingerprint density at radius 2 is 1.78 bits per heavy atom. The SMILES string of the molecule is Cc1ccc(C(C)C)c(N2C(=O)CS/C2=N\C(=O)NC(C)C/C=C/C(C)c2ccc(-c3ncn(-c4ccc(OC(F)(F)F)cc4)n3)cc2)c1. The van der Waals surface area contributed by atoms with E-state index in [0.29, 0.717) is 23.1 Å². The molecule has 256 valence electrons. The van der Waals surface area contributed by atoms with E-state index < -0.39 is 12.4 Å². The molecule has 2 heterocycles. The minimum Gasteiger partial charge on any atom is -0.406 e. The fourth-order valence-corrected chi connectivity index (χ4v) is 6.12. The normalized spacial score (nSPS) is 15.7. The molecular weight excluding hydrogens is 653 g/mol. The second-order valence-corrected chi connectivity index (χ2v) is 13.1. The molecule has 13 heteroatoms.